The van der Waals surface area contributed by atoms with E-state index in [1.807, 2.05) is 0 Å². The number of anilines is 2. The van der Waals surface area contributed by atoms with E-state index in [1.54, 1.807) is 17.5 Å². The second-order valence-corrected chi connectivity index (χ2v) is 13.4. The van der Waals surface area contributed by atoms with Crippen LogP contribution in [0.5, 0.6) is 0 Å². The zero-order valence-corrected chi connectivity index (χ0v) is 21.5. The number of imide groups is 1. The van der Waals surface area contributed by atoms with Gasteiger partial charge in [0.1, 0.15) is 15.6 Å². The Morgan fingerprint density at radius 1 is 1.03 bits per heavy atom. The molecule has 200 valence electrons. The maximum absolute atomic E-state index is 13.3. The van der Waals surface area contributed by atoms with E-state index in [-0.39, 0.29) is 22.3 Å². The van der Waals surface area contributed by atoms with Gasteiger partial charge in [0, 0.05) is 12.7 Å². The number of pyridine rings is 1. The maximum Gasteiger partial charge on any atom is 0.501 e. The van der Waals surface area contributed by atoms with Crippen molar-refractivity contribution in [1.29, 1.82) is 0 Å². The average molecular weight is 587 g/mol. The van der Waals surface area contributed by atoms with Gasteiger partial charge in [-0.1, -0.05) is 6.07 Å². The zero-order chi connectivity index (χ0) is 27.5. The number of sulfonamides is 1. The van der Waals surface area contributed by atoms with E-state index in [1.165, 1.54) is 23.2 Å². The fourth-order valence-corrected chi connectivity index (χ4v) is 6.84. The molecule has 0 atom stereocenters. The highest BCUT2D eigenvalue weighted by atomic mass is 32.2. The quantitative estimate of drug-likeness (QED) is 0.417. The summed E-state index contributed by atoms with van der Waals surface area (Å²) in [5, 5.41) is 1.61. The SMILES string of the molecule is O=C1N(c2ccc(S(=O)(=O)C(F)(F)F)cc2)C(=O)C2(CC2)N1Cc1ccnc(NS(=O)(=O)c2cccs2)c1. The number of alkyl halides is 3. The molecule has 3 amide bonds. The van der Waals surface area contributed by atoms with Gasteiger partial charge in [0.15, 0.2) is 0 Å². The third-order valence-corrected chi connectivity index (χ3v) is 10.4. The molecule has 10 nitrogen and oxygen atoms in total. The molecule has 0 bridgehead atoms. The van der Waals surface area contributed by atoms with Crippen molar-refractivity contribution in [2.75, 3.05) is 9.62 Å². The number of hydrogen-bond acceptors (Lipinski definition) is 8. The highest BCUT2D eigenvalue weighted by Crippen LogP contribution is 2.50. The number of nitrogens with one attached hydrogen (secondary N) is 1. The summed E-state index contributed by atoms with van der Waals surface area (Å²) in [6.45, 7) is -0.0716. The van der Waals surface area contributed by atoms with Gasteiger partial charge in [0.2, 0.25) is 0 Å². The number of nitrogens with zero attached hydrogens (tertiary/aromatic N) is 3. The number of urea groups is 1. The van der Waals surface area contributed by atoms with Gasteiger partial charge in [-0.2, -0.15) is 13.2 Å². The zero-order valence-electron chi connectivity index (χ0n) is 19.0. The van der Waals surface area contributed by atoms with E-state index < -0.39 is 47.7 Å². The molecule has 5 rings (SSSR count). The van der Waals surface area contributed by atoms with Gasteiger partial charge >= 0.3 is 11.5 Å². The van der Waals surface area contributed by atoms with Gasteiger partial charge in [-0.3, -0.25) is 9.52 Å². The molecular weight excluding hydrogens is 569 g/mol. The molecule has 0 radical (unpaired) electrons. The van der Waals surface area contributed by atoms with Crippen LogP contribution in [-0.2, 0) is 31.2 Å². The average Bonchev–Trinajstić information content (AvgIpc) is 3.38. The molecule has 2 aliphatic rings. The first kappa shape index (κ1) is 26.1. The van der Waals surface area contributed by atoms with Crippen molar-refractivity contribution in [1.82, 2.24) is 9.88 Å². The Labute approximate surface area is 218 Å². The summed E-state index contributed by atoms with van der Waals surface area (Å²) in [4.78, 5) is 31.6. The molecule has 1 aromatic carbocycles. The number of benzene rings is 1. The monoisotopic (exact) mass is 586 g/mol. The van der Waals surface area contributed by atoms with E-state index in [9.17, 15) is 39.6 Å². The van der Waals surface area contributed by atoms with Crippen molar-refractivity contribution >= 4 is 54.6 Å². The molecule has 1 aliphatic heterocycles. The highest BCUT2D eigenvalue weighted by Gasteiger charge is 2.65. The lowest BCUT2D eigenvalue weighted by molar-refractivity contribution is -0.120. The summed E-state index contributed by atoms with van der Waals surface area (Å²) in [6.07, 6.45) is 2.07. The minimum atomic E-state index is -5.59. The second kappa shape index (κ2) is 8.78. The summed E-state index contributed by atoms with van der Waals surface area (Å²) < 4.78 is 89.3. The number of halogens is 3. The van der Waals surface area contributed by atoms with Crippen LogP contribution in [0.3, 0.4) is 0 Å². The predicted molar refractivity (Wildman–Crippen MR) is 129 cm³/mol. The van der Waals surface area contributed by atoms with Crippen molar-refractivity contribution in [3.05, 3.63) is 65.7 Å². The molecule has 2 aromatic heterocycles. The summed E-state index contributed by atoms with van der Waals surface area (Å²) in [5.41, 5.74) is -6.24. The number of carbonyl (C=O) groups excluding carboxylic acids is 2. The normalized spacial score (nSPS) is 17.3. The summed E-state index contributed by atoms with van der Waals surface area (Å²) in [6, 6.07) is 8.58. The fraction of sp³-hybridized carbons (Fsp3) is 0.227. The summed E-state index contributed by atoms with van der Waals surface area (Å²) in [7, 11) is -9.45. The number of rotatable bonds is 7. The third-order valence-electron chi connectivity index (χ3n) is 6.14. The van der Waals surface area contributed by atoms with Gasteiger partial charge in [0.05, 0.1) is 10.6 Å². The summed E-state index contributed by atoms with van der Waals surface area (Å²) in [5.74, 6) is -0.571. The number of hydrogen-bond donors (Lipinski definition) is 1. The Hall–Kier alpha value is -3.50. The van der Waals surface area contributed by atoms with Crippen molar-refractivity contribution in [3.63, 3.8) is 0 Å². The van der Waals surface area contributed by atoms with Gasteiger partial charge < -0.3 is 4.90 Å². The van der Waals surface area contributed by atoms with Crippen LogP contribution in [0.4, 0.5) is 29.5 Å². The van der Waals surface area contributed by atoms with Gasteiger partial charge in [-0.05, 0) is 66.2 Å². The van der Waals surface area contributed by atoms with E-state index in [4.69, 9.17) is 0 Å². The second-order valence-electron chi connectivity index (χ2n) is 8.57. The number of amides is 3. The molecule has 3 aromatic rings. The summed E-state index contributed by atoms with van der Waals surface area (Å²) >= 11 is 1.03. The van der Waals surface area contributed by atoms with E-state index in [0.29, 0.717) is 30.5 Å². The van der Waals surface area contributed by atoms with E-state index in [2.05, 4.69) is 9.71 Å². The molecule has 1 N–H and O–H groups in total. The minimum Gasteiger partial charge on any atom is -0.305 e. The van der Waals surface area contributed by atoms with Crippen molar-refractivity contribution < 1.29 is 39.6 Å². The Morgan fingerprint density at radius 2 is 1.71 bits per heavy atom. The fourth-order valence-electron chi connectivity index (χ4n) is 4.09. The highest BCUT2D eigenvalue weighted by molar-refractivity contribution is 7.94. The lowest BCUT2D eigenvalue weighted by Crippen LogP contribution is -2.36. The Balaban J connectivity index is 1.38. The largest absolute Gasteiger partial charge is 0.501 e. The minimum absolute atomic E-state index is 0.0111. The first-order chi connectivity index (χ1) is 17.8. The van der Waals surface area contributed by atoms with Crippen molar-refractivity contribution in [3.8, 4) is 0 Å². The van der Waals surface area contributed by atoms with Gasteiger partial charge in [-0.25, -0.2) is 31.5 Å². The molecule has 1 spiro atoms. The van der Waals surface area contributed by atoms with Crippen LogP contribution in [-0.4, -0.2) is 49.7 Å². The van der Waals surface area contributed by atoms with Crippen LogP contribution in [0.15, 0.2) is 69.2 Å². The molecule has 38 heavy (non-hydrogen) atoms. The van der Waals surface area contributed by atoms with Gasteiger partial charge in [-0.15, -0.1) is 11.3 Å². The molecule has 1 saturated heterocycles. The molecular formula is C22H17F3N4O6S3. The molecule has 1 saturated carbocycles. The number of carbonyl (C=O) groups is 2. The molecule has 2 fully saturated rings. The standard InChI is InChI=1S/C22H17F3N4O6S3/c23-22(24,25)37(32,33)16-5-3-15(4-6-16)29-19(30)21(8-9-21)28(20(29)31)13-14-7-10-26-17(12-14)27-38(34,35)18-2-1-11-36-18/h1-7,10-12H,8-9,13H2,(H,26,27). The van der Waals surface area contributed by atoms with Crippen LogP contribution >= 0.6 is 11.3 Å². The van der Waals surface area contributed by atoms with E-state index >= 15 is 0 Å². The Bertz CT molecular complexity index is 1640. The molecule has 0 unspecified atom stereocenters. The van der Waals surface area contributed by atoms with Crippen molar-refractivity contribution in [2.45, 2.75) is 39.5 Å². The number of sulfone groups is 1. The first-order valence-corrected chi connectivity index (χ1v) is 14.7. The van der Waals surface area contributed by atoms with Crippen LogP contribution in [0.25, 0.3) is 0 Å². The topological polar surface area (TPSA) is 134 Å². The van der Waals surface area contributed by atoms with Gasteiger partial charge in [0.25, 0.3) is 25.8 Å². The number of thiophene rings is 1. The van der Waals surface area contributed by atoms with Crippen LogP contribution in [0.2, 0.25) is 0 Å². The molecule has 1 aliphatic carbocycles. The number of aromatic nitrogens is 1. The first-order valence-electron chi connectivity index (χ1n) is 10.9. The van der Waals surface area contributed by atoms with Crippen LogP contribution in [0.1, 0.15) is 18.4 Å². The third kappa shape index (κ3) is 4.31. The predicted octanol–water partition coefficient (Wildman–Crippen LogP) is 3.74. The Morgan fingerprint density at radius 3 is 2.29 bits per heavy atom. The molecule has 16 heteroatoms. The maximum atomic E-state index is 13.3. The molecule has 3 heterocycles. The Kier molecular flexibility index (Phi) is 6.03. The van der Waals surface area contributed by atoms with Crippen LogP contribution in [0, 0.1) is 0 Å². The lowest BCUT2D eigenvalue weighted by atomic mass is 10.2. The van der Waals surface area contributed by atoms with E-state index in [0.717, 1.165) is 28.4 Å². The smallest absolute Gasteiger partial charge is 0.305 e. The lowest BCUT2D eigenvalue weighted by Gasteiger charge is -2.21. The van der Waals surface area contributed by atoms with Crippen molar-refractivity contribution in [2.24, 2.45) is 0 Å². The van der Waals surface area contributed by atoms with Crippen LogP contribution < -0.4 is 9.62 Å².